The normalized spacial score (nSPS) is 13.6. The number of carboxylic acids is 1. The van der Waals surface area contributed by atoms with Crippen LogP contribution in [0.5, 0.6) is 0 Å². The topological polar surface area (TPSA) is 43.8 Å². The molecule has 0 unspecified atom stereocenters. The Kier molecular flexibility index (Phi) is 5.44. The van der Waals surface area contributed by atoms with Crippen LogP contribution >= 0.6 is 0 Å². The largest absolute Gasteiger partial charge is 0.481 e. The predicted octanol–water partition coefficient (Wildman–Crippen LogP) is 1.33. The van der Waals surface area contributed by atoms with Gasteiger partial charge in [-0.3, -0.25) is 4.79 Å². The Labute approximate surface area is 85.1 Å². The third-order valence-corrected chi connectivity index (χ3v) is 1.41. The van der Waals surface area contributed by atoms with Crippen LogP contribution in [-0.2, 0) is 4.79 Å². The SMILES string of the molecule is C=C(C)CN1C=CN(C)C1.CC(=O)O. The number of nitrogens with zero attached hydrogens (tertiary/aromatic N) is 2. The van der Waals surface area contributed by atoms with E-state index in [2.05, 4.69) is 35.8 Å². The molecule has 0 spiro atoms. The maximum Gasteiger partial charge on any atom is 0.300 e. The van der Waals surface area contributed by atoms with E-state index in [-0.39, 0.29) is 0 Å². The van der Waals surface area contributed by atoms with E-state index in [4.69, 9.17) is 9.90 Å². The van der Waals surface area contributed by atoms with Crippen LogP contribution < -0.4 is 0 Å². The molecule has 0 saturated heterocycles. The molecule has 0 aliphatic carbocycles. The number of hydrogen-bond donors (Lipinski definition) is 1. The van der Waals surface area contributed by atoms with Gasteiger partial charge in [0.1, 0.15) is 0 Å². The Bertz CT molecular complexity index is 232. The maximum absolute atomic E-state index is 9.00. The van der Waals surface area contributed by atoms with Crippen LogP contribution in [0.4, 0.5) is 0 Å². The van der Waals surface area contributed by atoms with Gasteiger partial charge in [0.15, 0.2) is 0 Å². The maximum atomic E-state index is 9.00. The van der Waals surface area contributed by atoms with E-state index in [1.807, 2.05) is 6.92 Å². The van der Waals surface area contributed by atoms with Crippen molar-refractivity contribution < 1.29 is 9.90 Å². The van der Waals surface area contributed by atoms with E-state index in [1.165, 1.54) is 5.57 Å². The van der Waals surface area contributed by atoms with Crippen LogP contribution in [-0.4, -0.2) is 41.1 Å². The molecule has 1 N–H and O–H groups in total. The highest BCUT2D eigenvalue weighted by molar-refractivity contribution is 5.62. The van der Waals surface area contributed by atoms with Crippen LogP contribution in [0.3, 0.4) is 0 Å². The molecule has 80 valence electrons. The zero-order valence-corrected chi connectivity index (χ0v) is 9.03. The van der Waals surface area contributed by atoms with Crippen molar-refractivity contribution in [2.45, 2.75) is 13.8 Å². The summed E-state index contributed by atoms with van der Waals surface area (Å²) in [5, 5.41) is 7.42. The summed E-state index contributed by atoms with van der Waals surface area (Å²) in [6.07, 6.45) is 4.16. The van der Waals surface area contributed by atoms with Crippen molar-refractivity contribution in [3.05, 3.63) is 24.6 Å². The number of aliphatic carboxylic acids is 1. The molecule has 0 amide bonds. The first-order valence-corrected chi connectivity index (χ1v) is 4.38. The van der Waals surface area contributed by atoms with Gasteiger partial charge < -0.3 is 14.9 Å². The lowest BCUT2D eigenvalue weighted by Gasteiger charge is -2.17. The summed E-state index contributed by atoms with van der Waals surface area (Å²) >= 11 is 0. The number of carbonyl (C=O) groups is 1. The van der Waals surface area contributed by atoms with Crippen LogP contribution in [0.25, 0.3) is 0 Å². The fourth-order valence-electron chi connectivity index (χ4n) is 1.04. The first kappa shape index (κ1) is 12.6. The average Bonchev–Trinajstić information content (AvgIpc) is 2.32. The van der Waals surface area contributed by atoms with Crippen molar-refractivity contribution >= 4 is 5.97 Å². The quantitative estimate of drug-likeness (QED) is 0.680. The van der Waals surface area contributed by atoms with Crippen molar-refractivity contribution in [1.82, 2.24) is 9.80 Å². The number of carboxylic acid groups (broad SMARTS) is 1. The lowest BCUT2D eigenvalue weighted by Crippen LogP contribution is -2.23. The van der Waals surface area contributed by atoms with Crippen LogP contribution in [0, 0.1) is 0 Å². The predicted molar refractivity (Wildman–Crippen MR) is 56.6 cm³/mol. The fourth-order valence-corrected chi connectivity index (χ4v) is 1.04. The summed E-state index contributed by atoms with van der Waals surface area (Å²) in [4.78, 5) is 13.4. The molecule has 0 aromatic rings. The first-order valence-electron chi connectivity index (χ1n) is 4.38. The van der Waals surface area contributed by atoms with Gasteiger partial charge in [0, 0.05) is 32.9 Å². The molecule has 14 heavy (non-hydrogen) atoms. The number of rotatable bonds is 2. The number of hydrogen-bond acceptors (Lipinski definition) is 3. The second kappa shape index (κ2) is 6.07. The molecule has 0 aromatic heterocycles. The van der Waals surface area contributed by atoms with E-state index >= 15 is 0 Å². The van der Waals surface area contributed by atoms with E-state index in [0.29, 0.717) is 0 Å². The van der Waals surface area contributed by atoms with Crippen molar-refractivity contribution in [3.63, 3.8) is 0 Å². The molecular weight excluding hydrogens is 180 g/mol. The minimum Gasteiger partial charge on any atom is -0.481 e. The van der Waals surface area contributed by atoms with E-state index in [0.717, 1.165) is 20.1 Å². The Morgan fingerprint density at radius 1 is 1.50 bits per heavy atom. The molecular formula is C10H18N2O2. The standard InChI is InChI=1S/C8H14N2.C2H4O2/c1-8(2)6-10-5-4-9(3)7-10;1-2(3)4/h4-5H,1,6-7H2,2-3H3;1H3,(H,3,4). The highest BCUT2D eigenvalue weighted by Gasteiger charge is 2.06. The lowest BCUT2D eigenvalue weighted by atomic mass is 10.3. The molecule has 0 radical (unpaired) electrons. The molecule has 1 heterocycles. The monoisotopic (exact) mass is 198 g/mol. The third-order valence-electron chi connectivity index (χ3n) is 1.41. The molecule has 0 aromatic carbocycles. The van der Waals surface area contributed by atoms with Crippen LogP contribution in [0.15, 0.2) is 24.6 Å². The zero-order chi connectivity index (χ0) is 11.1. The molecule has 1 aliphatic heterocycles. The summed E-state index contributed by atoms with van der Waals surface area (Å²) in [6.45, 7) is 8.95. The summed E-state index contributed by atoms with van der Waals surface area (Å²) in [5.41, 5.74) is 1.21. The second-order valence-corrected chi connectivity index (χ2v) is 3.42. The van der Waals surface area contributed by atoms with Gasteiger partial charge in [0.05, 0.1) is 6.67 Å². The Hall–Kier alpha value is -1.45. The van der Waals surface area contributed by atoms with Crippen molar-refractivity contribution in [3.8, 4) is 0 Å². The second-order valence-electron chi connectivity index (χ2n) is 3.42. The highest BCUT2D eigenvalue weighted by atomic mass is 16.4. The van der Waals surface area contributed by atoms with Crippen molar-refractivity contribution in [2.24, 2.45) is 0 Å². The Balaban J connectivity index is 0.000000364. The van der Waals surface area contributed by atoms with Gasteiger partial charge in [-0.15, -0.1) is 0 Å². The van der Waals surface area contributed by atoms with Gasteiger partial charge in [-0.1, -0.05) is 12.2 Å². The molecule has 0 saturated carbocycles. The molecule has 4 nitrogen and oxygen atoms in total. The molecule has 0 bridgehead atoms. The lowest BCUT2D eigenvalue weighted by molar-refractivity contribution is -0.134. The van der Waals surface area contributed by atoms with Crippen LogP contribution in [0.2, 0.25) is 0 Å². The zero-order valence-electron chi connectivity index (χ0n) is 9.03. The third kappa shape index (κ3) is 7.21. The van der Waals surface area contributed by atoms with E-state index < -0.39 is 5.97 Å². The minimum absolute atomic E-state index is 0.833. The van der Waals surface area contributed by atoms with Crippen molar-refractivity contribution in [1.29, 1.82) is 0 Å². The summed E-state index contributed by atoms with van der Waals surface area (Å²) < 4.78 is 0. The van der Waals surface area contributed by atoms with Gasteiger partial charge in [-0.2, -0.15) is 0 Å². The fraction of sp³-hybridized carbons (Fsp3) is 0.500. The van der Waals surface area contributed by atoms with Crippen molar-refractivity contribution in [2.75, 3.05) is 20.3 Å². The van der Waals surface area contributed by atoms with Gasteiger partial charge in [-0.25, -0.2) is 0 Å². The molecule has 1 aliphatic rings. The Morgan fingerprint density at radius 3 is 2.29 bits per heavy atom. The summed E-state index contributed by atoms with van der Waals surface area (Å²) in [6, 6.07) is 0. The van der Waals surface area contributed by atoms with Gasteiger partial charge >= 0.3 is 0 Å². The minimum atomic E-state index is -0.833. The van der Waals surface area contributed by atoms with Gasteiger partial charge in [0.2, 0.25) is 0 Å². The van der Waals surface area contributed by atoms with Gasteiger partial charge in [-0.05, 0) is 6.92 Å². The van der Waals surface area contributed by atoms with Crippen LogP contribution in [0.1, 0.15) is 13.8 Å². The average molecular weight is 198 g/mol. The summed E-state index contributed by atoms with van der Waals surface area (Å²) in [5.74, 6) is -0.833. The molecule has 4 heteroatoms. The van der Waals surface area contributed by atoms with E-state index in [9.17, 15) is 0 Å². The molecule has 0 fully saturated rings. The van der Waals surface area contributed by atoms with Gasteiger partial charge in [0.25, 0.3) is 5.97 Å². The summed E-state index contributed by atoms with van der Waals surface area (Å²) in [7, 11) is 2.06. The molecule has 1 rings (SSSR count). The molecule has 0 atom stereocenters. The Morgan fingerprint density at radius 2 is 2.00 bits per heavy atom. The van der Waals surface area contributed by atoms with E-state index in [1.54, 1.807) is 0 Å². The highest BCUT2D eigenvalue weighted by Crippen LogP contribution is 2.05. The first-order chi connectivity index (χ1) is 6.41. The smallest absolute Gasteiger partial charge is 0.300 e.